The molecular weight excluding hydrogens is 392 g/mol. The highest BCUT2D eigenvalue weighted by Gasteiger charge is 2.17. The summed E-state index contributed by atoms with van der Waals surface area (Å²) in [7, 11) is 0. The second kappa shape index (κ2) is 9.14. The van der Waals surface area contributed by atoms with Gasteiger partial charge in [-0.3, -0.25) is 9.79 Å². The van der Waals surface area contributed by atoms with E-state index in [0.717, 1.165) is 40.4 Å². The molecule has 1 aliphatic rings. The first-order chi connectivity index (χ1) is 13.0. The molecule has 0 unspecified atom stereocenters. The van der Waals surface area contributed by atoms with Gasteiger partial charge >= 0.3 is 5.97 Å². The molecule has 3 rings (SSSR count). The van der Waals surface area contributed by atoms with Crippen LogP contribution < -0.4 is 0 Å². The Morgan fingerprint density at radius 3 is 2.70 bits per heavy atom. The molecule has 0 saturated carbocycles. The van der Waals surface area contributed by atoms with Gasteiger partial charge in [-0.05, 0) is 29.8 Å². The van der Waals surface area contributed by atoms with Crippen molar-refractivity contribution in [1.29, 1.82) is 0 Å². The highest BCUT2D eigenvalue weighted by molar-refractivity contribution is 8.38. The van der Waals surface area contributed by atoms with Crippen molar-refractivity contribution in [2.45, 2.75) is 5.75 Å². The van der Waals surface area contributed by atoms with E-state index in [1.165, 1.54) is 0 Å². The molecule has 2 aromatic carbocycles. The zero-order valence-corrected chi connectivity index (χ0v) is 15.7. The average molecular weight is 407 g/mol. The van der Waals surface area contributed by atoms with Gasteiger partial charge in [0, 0.05) is 17.1 Å². The predicted molar refractivity (Wildman–Crippen MR) is 103 cm³/mol. The number of benzene rings is 2. The van der Waals surface area contributed by atoms with Gasteiger partial charge in [-0.1, -0.05) is 41.7 Å². The van der Waals surface area contributed by atoms with Gasteiger partial charge in [-0.15, -0.1) is 0 Å². The van der Waals surface area contributed by atoms with Gasteiger partial charge in [0.05, 0.1) is 12.1 Å². The van der Waals surface area contributed by atoms with Gasteiger partial charge in [0.15, 0.2) is 24.0 Å². The Hall–Kier alpha value is -2.19. The molecular formula is C19H15F2NO3S2. The molecule has 8 heteroatoms. The van der Waals surface area contributed by atoms with E-state index in [4.69, 9.17) is 4.74 Å². The largest absolute Gasteiger partial charge is 0.454 e. The Balaban J connectivity index is 1.62. The van der Waals surface area contributed by atoms with Gasteiger partial charge in [0.1, 0.15) is 4.38 Å². The summed E-state index contributed by atoms with van der Waals surface area (Å²) in [5.74, 6) is -1.87. The molecule has 1 heterocycles. The highest BCUT2D eigenvalue weighted by Crippen LogP contribution is 2.26. The molecule has 0 fully saturated rings. The number of aliphatic imine (C=N–C) groups is 1. The van der Waals surface area contributed by atoms with Gasteiger partial charge in [0.25, 0.3) is 0 Å². The number of nitrogens with zero attached hydrogens (tertiary/aromatic N) is 1. The average Bonchev–Trinajstić information content (AvgIpc) is 3.20. The maximum absolute atomic E-state index is 13.2. The molecule has 140 valence electrons. The lowest BCUT2D eigenvalue weighted by Crippen LogP contribution is -2.15. The zero-order chi connectivity index (χ0) is 19.2. The first kappa shape index (κ1) is 19.6. The van der Waals surface area contributed by atoms with Crippen molar-refractivity contribution < 1.29 is 23.1 Å². The fourth-order valence-electron chi connectivity index (χ4n) is 2.35. The van der Waals surface area contributed by atoms with Crippen LogP contribution in [0.4, 0.5) is 8.78 Å². The molecule has 0 bridgehead atoms. The van der Waals surface area contributed by atoms with Crippen molar-refractivity contribution in [2.24, 2.45) is 4.99 Å². The Labute approximate surface area is 163 Å². The maximum atomic E-state index is 13.2. The molecule has 4 nitrogen and oxygen atoms in total. The quantitative estimate of drug-likeness (QED) is 0.527. The minimum absolute atomic E-state index is 0.0539. The molecule has 0 aromatic heterocycles. The molecule has 1 aliphatic heterocycles. The summed E-state index contributed by atoms with van der Waals surface area (Å²) in [6.45, 7) is 0.261. The van der Waals surface area contributed by atoms with Crippen molar-refractivity contribution in [1.82, 2.24) is 0 Å². The van der Waals surface area contributed by atoms with Crippen LogP contribution in [0.1, 0.15) is 26.3 Å². The predicted octanol–water partition coefficient (Wildman–Crippen LogP) is 4.34. The van der Waals surface area contributed by atoms with E-state index in [1.807, 2.05) is 12.1 Å². The number of halogens is 2. The Morgan fingerprint density at radius 1 is 1.15 bits per heavy atom. The van der Waals surface area contributed by atoms with Crippen molar-refractivity contribution in [2.75, 3.05) is 18.9 Å². The van der Waals surface area contributed by atoms with Crippen LogP contribution in [0.25, 0.3) is 0 Å². The smallest absolute Gasteiger partial charge is 0.338 e. The molecule has 2 aromatic rings. The van der Waals surface area contributed by atoms with Gasteiger partial charge in [-0.2, -0.15) is 0 Å². The van der Waals surface area contributed by atoms with E-state index in [1.54, 1.807) is 35.7 Å². The zero-order valence-electron chi connectivity index (χ0n) is 14.1. The third-order valence-corrected chi connectivity index (χ3v) is 6.02. The second-order valence-corrected chi connectivity index (χ2v) is 7.88. The van der Waals surface area contributed by atoms with Crippen LogP contribution in [-0.4, -0.2) is 35.0 Å². The fraction of sp³-hybridized carbons (Fsp3) is 0.211. The fourth-order valence-corrected chi connectivity index (χ4v) is 4.36. The first-order valence-electron chi connectivity index (χ1n) is 8.08. The van der Waals surface area contributed by atoms with Crippen molar-refractivity contribution in [3.63, 3.8) is 0 Å². The van der Waals surface area contributed by atoms with Crippen LogP contribution >= 0.6 is 23.5 Å². The minimum Gasteiger partial charge on any atom is -0.454 e. The Kier molecular flexibility index (Phi) is 6.63. The number of ether oxygens (including phenoxy) is 1. The molecule has 0 saturated heterocycles. The Bertz CT molecular complexity index is 902. The molecule has 0 radical (unpaired) electrons. The number of rotatable bonds is 6. The van der Waals surface area contributed by atoms with Crippen LogP contribution in [0, 0.1) is 11.6 Å². The maximum Gasteiger partial charge on any atom is 0.338 e. The molecule has 0 amide bonds. The number of thioether (sulfide) groups is 2. The monoisotopic (exact) mass is 407 g/mol. The lowest BCUT2D eigenvalue weighted by molar-refractivity contribution is 0.0474. The third-order valence-electron chi connectivity index (χ3n) is 3.72. The van der Waals surface area contributed by atoms with E-state index < -0.39 is 30.0 Å². The molecule has 0 atom stereocenters. The summed E-state index contributed by atoms with van der Waals surface area (Å²) in [6.07, 6.45) is 0. The number of hydrogen-bond donors (Lipinski definition) is 0. The van der Waals surface area contributed by atoms with E-state index in [9.17, 15) is 18.4 Å². The van der Waals surface area contributed by atoms with E-state index >= 15 is 0 Å². The van der Waals surface area contributed by atoms with Gasteiger partial charge in [0.2, 0.25) is 0 Å². The Morgan fingerprint density at radius 2 is 1.96 bits per heavy atom. The van der Waals surface area contributed by atoms with Gasteiger partial charge in [-0.25, -0.2) is 13.6 Å². The van der Waals surface area contributed by atoms with Crippen LogP contribution in [-0.2, 0) is 10.5 Å². The second-order valence-electron chi connectivity index (χ2n) is 5.57. The van der Waals surface area contributed by atoms with Crippen LogP contribution in [0.15, 0.2) is 47.5 Å². The first-order valence-corrected chi connectivity index (χ1v) is 10.0. The topological polar surface area (TPSA) is 55.7 Å². The molecule has 27 heavy (non-hydrogen) atoms. The van der Waals surface area contributed by atoms with E-state index in [-0.39, 0.29) is 5.56 Å². The number of hydrogen-bond acceptors (Lipinski definition) is 6. The summed E-state index contributed by atoms with van der Waals surface area (Å²) in [4.78, 5) is 28.8. The van der Waals surface area contributed by atoms with Gasteiger partial charge < -0.3 is 4.74 Å². The molecule has 0 N–H and O–H groups in total. The summed E-state index contributed by atoms with van der Waals surface area (Å²) < 4.78 is 32.2. The van der Waals surface area contributed by atoms with E-state index in [0.29, 0.717) is 11.3 Å². The third kappa shape index (κ3) is 5.17. The SMILES string of the molecule is O=C(COC(=O)c1ccccc1CSC1=NCCS1)c1ccc(F)c(F)c1. The summed E-state index contributed by atoms with van der Waals surface area (Å²) in [6, 6.07) is 9.78. The highest BCUT2D eigenvalue weighted by atomic mass is 32.2. The molecule has 0 spiro atoms. The molecule has 0 aliphatic carbocycles. The normalized spacial score (nSPS) is 13.3. The number of ketones is 1. The number of carbonyl (C=O) groups is 2. The number of Topliss-reactive ketones (excluding diaryl/α,β-unsaturated/α-hetero) is 1. The lowest BCUT2D eigenvalue weighted by Gasteiger charge is -2.09. The van der Waals surface area contributed by atoms with Crippen molar-refractivity contribution >= 4 is 39.7 Å². The summed E-state index contributed by atoms with van der Waals surface area (Å²) in [5.41, 5.74) is 1.09. The summed E-state index contributed by atoms with van der Waals surface area (Å²) >= 11 is 3.24. The van der Waals surface area contributed by atoms with Crippen molar-refractivity contribution in [3.05, 3.63) is 70.8 Å². The minimum atomic E-state index is -1.12. The van der Waals surface area contributed by atoms with Crippen LogP contribution in [0.2, 0.25) is 0 Å². The lowest BCUT2D eigenvalue weighted by atomic mass is 10.1. The standard InChI is InChI=1S/C19H15F2NO3S2/c20-15-6-5-12(9-16(15)21)17(23)10-25-18(24)14-4-2-1-3-13(14)11-27-19-22-7-8-26-19/h1-6,9H,7-8,10-11H2. The summed E-state index contributed by atoms with van der Waals surface area (Å²) in [5, 5.41) is 0. The number of esters is 1. The van der Waals surface area contributed by atoms with Crippen LogP contribution in [0.5, 0.6) is 0 Å². The van der Waals surface area contributed by atoms with E-state index in [2.05, 4.69) is 4.99 Å². The van der Waals surface area contributed by atoms with Crippen LogP contribution in [0.3, 0.4) is 0 Å². The van der Waals surface area contributed by atoms with Crippen molar-refractivity contribution in [3.8, 4) is 0 Å². The number of carbonyl (C=O) groups excluding carboxylic acids is 2.